The summed E-state index contributed by atoms with van der Waals surface area (Å²) in [5.41, 5.74) is 0.777. The number of benzene rings is 1. The second-order valence-corrected chi connectivity index (χ2v) is 5.40. The van der Waals surface area contributed by atoms with E-state index in [4.69, 9.17) is 12.2 Å². The van der Waals surface area contributed by atoms with Crippen LogP contribution >= 0.6 is 24.0 Å². The molecule has 18 heavy (non-hydrogen) atoms. The lowest BCUT2D eigenvalue weighted by Gasteiger charge is -2.16. The number of H-pyrrole nitrogens is 1. The zero-order valence-electron chi connectivity index (χ0n) is 10.2. The first-order valence-corrected chi connectivity index (χ1v) is 7.46. The molecule has 1 heterocycles. The van der Waals surface area contributed by atoms with E-state index in [1.807, 2.05) is 17.7 Å². The van der Waals surface area contributed by atoms with Crippen molar-refractivity contribution in [2.45, 2.75) is 19.4 Å². The van der Waals surface area contributed by atoms with E-state index in [1.54, 1.807) is 11.8 Å². The minimum absolute atomic E-state index is 0.141. The topological polar surface area (TPSA) is 20.7 Å². The van der Waals surface area contributed by atoms with E-state index in [1.165, 1.54) is 6.07 Å². The van der Waals surface area contributed by atoms with E-state index < -0.39 is 11.6 Å². The molecule has 0 aliphatic heterocycles. The van der Waals surface area contributed by atoms with Gasteiger partial charge in [0.2, 0.25) is 0 Å². The van der Waals surface area contributed by atoms with Crippen LogP contribution in [0, 0.1) is 16.4 Å². The Morgan fingerprint density at radius 1 is 1.44 bits per heavy atom. The number of imidazole rings is 1. The molecule has 0 fully saturated rings. The summed E-state index contributed by atoms with van der Waals surface area (Å²) in [6, 6.07) is 2.34. The van der Waals surface area contributed by atoms with Crippen LogP contribution in [0.15, 0.2) is 12.1 Å². The van der Waals surface area contributed by atoms with Crippen LogP contribution in [0.5, 0.6) is 0 Å². The lowest BCUT2D eigenvalue weighted by molar-refractivity contribution is 0.545. The van der Waals surface area contributed by atoms with Crippen molar-refractivity contribution in [1.29, 1.82) is 0 Å². The van der Waals surface area contributed by atoms with Crippen LogP contribution in [0.25, 0.3) is 11.0 Å². The van der Waals surface area contributed by atoms with Gasteiger partial charge in [0.1, 0.15) is 11.3 Å². The van der Waals surface area contributed by atoms with Gasteiger partial charge in [-0.2, -0.15) is 11.8 Å². The maximum absolute atomic E-state index is 13.7. The van der Waals surface area contributed by atoms with E-state index in [0.717, 1.165) is 18.2 Å². The average Bonchev–Trinajstić information content (AvgIpc) is 2.63. The smallest absolute Gasteiger partial charge is 0.178 e. The molecule has 0 bridgehead atoms. The fourth-order valence-electron chi connectivity index (χ4n) is 2.08. The molecule has 2 nitrogen and oxygen atoms in total. The predicted molar refractivity (Wildman–Crippen MR) is 74.7 cm³/mol. The fraction of sp³-hybridized carbons (Fsp3) is 0.417. The van der Waals surface area contributed by atoms with Crippen molar-refractivity contribution in [2.24, 2.45) is 0 Å². The largest absolute Gasteiger partial charge is 0.328 e. The summed E-state index contributed by atoms with van der Waals surface area (Å²) in [6.07, 6.45) is 2.86. The number of rotatable bonds is 4. The second kappa shape index (κ2) is 5.40. The highest BCUT2D eigenvalue weighted by molar-refractivity contribution is 7.98. The Bertz CT molecular complexity index is 618. The van der Waals surface area contributed by atoms with Gasteiger partial charge in [0.05, 0.1) is 5.52 Å². The predicted octanol–water partition coefficient (Wildman–Crippen LogP) is 4.29. The molecule has 2 rings (SSSR count). The molecule has 0 aliphatic carbocycles. The Labute approximate surface area is 113 Å². The molecule has 1 aromatic heterocycles. The monoisotopic (exact) mass is 288 g/mol. The molecule has 2 aromatic rings. The molecule has 98 valence electrons. The third-order valence-electron chi connectivity index (χ3n) is 2.94. The van der Waals surface area contributed by atoms with E-state index in [9.17, 15) is 8.78 Å². The van der Waals surface area contributed by atoms with Crippen molar-refractivity contribution in [3.63, 3.8) is 0 Å². The normalized spacial score (nSPS) is 13.1. The Morgan fingerprint density at radius 2 is 2.17 bits per heavy atom. The molecule has 0 aliphatic rings. The zero-order valence-corrected chi connectivity index (χ0v) is 11.8. The van der Waals surface area contributed by atoms with Crippen LogP contribution in [0.2, 0.25) is 0 Å². The van der Waals surface area contributed by atoms with Crippen molar-refractivity contribution in [2.75, 3.05) is 12.0 Å². The van der Waals surface area contributed by atoms with Gasteiger partial charge in [0, 0.05) is 17.9 Å². The summed E-state index contributed by atoms with van der Waals surface area (Å²) in [5, 5.41) is 0. The van der Waals surface area contributed by atoms with Crippen molar-refractivity contribution in [3.05, 3.63) is 28.5 Å². The molecule has 0 saturated heterocycles. The SMILES string of the molecule is CCC(CSC)n1c(=S)[nH]c2c(F)cc(F)cc21. The highest BCUT2D eigenvalue weighted by Gasteiger charge is 2.16. The second-order valence-electron chi connectivity index (χ2n) is 4.10. The average molecular weight is 288 g/mol. The Kier molecular flexibility index (Phi) is 4.07. The summed E-state index contributed by atoms with van der Waals surface area (Å²) < 4.78 is 29.2. The minimum Gasteiger partial charge on any atom is -0.328 e. The van der Waals surface area contributed by atoms with Gasteiger partial charge < -0.3 is 9.55 Å². The first kappa shape index (κ1) is 13.5. The highest BCUT2D eigenvalue weighted by Crippen LogP contribution is 2.26. The fourth-order valence-corrected chi connectivity index (χ4v) is 3.20. The number of hydrogen-bond acceptors (Lipinski definition) is 2. The number of thioether (sulfide) groups is 1. The lowest BCUT2D eigenvalue weighted by atomic mass is 10.2. The summed E-state index contributed by atoms with van der Waals surface area (Å²) in [7, 11) is 0. The standard InChI is InChI=1S/C12H14F2N2S2/c1-3-8(6-18-2)16-10-5-7(13)4-9(14)11(10)15-12(16)17/h4-5,8H,3,6H2,1-2H3,(H,15,17). The third kappa shape index (κ3) is 2.31. The minimum atomic E-state index is -0.603. The Hall–Kier alpha value is -0.880. The van der Waals surface area contributed by atoms with E-state index in [-0.39, 0.29) is 11.6 Å². The van der Waals surface area contributed by atoms with E-state index in [0.29, 0.717) is 10.3 Å². The molecule has 0 amide bonds. The summed E-state index contributed by atoms with van der Waals surface area (Å²) in [6.45, 7) is 2.04. The van der Waals surface area contributed by atoms with Crippen LogP contribution in [0.4, 0.5) is 8.78 Å². The number of halogens is 2. The van der Waals surface area contributed by atoms with E-state index >= 15 is 0 Å². The quantitative estimate of drug-likeness (QED) is 0.847. The molecule has 0 spiro atoms. The third-order valence-corrected chi connectivity index (χ3v) is 3.96. The highest BCUT2D eigenvalue weighted by atomic mass is 32.2. The van der Waals surface area contributed by atoms with Crippen LogP contribution in [-0.4, -0.2) is 21.6 Å². The zero-order chi connectivity index (χ0) is 13.3. The molecule has 1 aromatic carbocycles. The van der Waals surface area contributed by atoms with Crippen molar-refractivity contribution in [3.8, 4) is 0 Å². The van der Waals surface area contributed by atoms with Gasteiger partial charge in [0.25, 0.3) is 0 Å². The van der Waals surface area contributed by atoms with Crippen LogP contribution < -0.4 is 0 Å². The summed E-state index contributed by atoms with van der Waals surface area (Å²) in [5.74, 6) is -0.328. The number of nitrogens with one attached hydrogen (secondary N) is 1. The summed E-state index contributed by atoms with van der Waals surface area (Å²) in [4.78, 5) is 2.82. The van der Waals surface area contributed by atoms with Gasteiger partial charge in [-0.25, -0.2) is 8.78 Å². The van der Waals surface area contributed by atoms with Crippen molar-refractivity contribution in [1.82, 2.24) is 9.55 Å². The lowest BCUT2D eigenvalue weighted by Crippen LogP contribution is -2.10. The maximum Gasteiger partial charge on any atom is 0.178 e. The molecule has 1 unspecified atom stereocenters. The molecule has 0 radical (unpaired) electrons. The molecule has 1 atom stereocenters. The molecule has 1 N–H and O–H groups in total. The van der Waals surface area contributed by atoms with Crippen LogP contribution in [0.1, 0.15) is 19.4 Å². The van der Waals surface area contributed by atoms with Gasteiger partial charge in [-0.15, -0.1) is 0 Å². The van der Waals surface area contributed by atoms with Crippen molar-refractivity contribution >= 4 is 35.0 Å². The van der Waals surface area contributed by atoms with Crippen LogP contribution in [-0.2, 0) is 0 Å². The van der Waals surface area contributed by atoms with Gasteiger partial charge in [0.15, 0.2) is 10.6 Å². The summed E-state index contributed by atoms with van der Waals surface area (Å²) >= 11 is 6.91. The molecule has 0 saturated carbocycles. The van der Waals surface area contributed by atoms with Gasteiger partial charge in [-0.05, 0) is 31.0 Å². The number of fused-ring (bicyclic) bond motifs is 1. The Balaban J connectivity index is 2.69. The number of hydrogen-bond donors (Lipinski definition) is 1. The number of nitrogens with zero attached hydrogens (tertiary/aromatic N) is 1. The first-order valence-electron chi connectivity index (χ1n) is 5.66. The molecular weight excluding hydrogens is 274 g/mol. The number of aromatic nitrogens is 2. The van der Waals surface area contributed by atoms with Gasteiger partial charge in [-0.3, -0.25) is 0 Å². The van der Waals surface area contributed by atoms with Gasteiger partial charge in [-0.1, -0.05) is 6.92 Å². The van der Waals surface area contributed by atoms with Crippen LogP contribution in [0.3, 0.4) is 0 Å². The molecule has 6 heteroatoms. The van der Waals surface area contributed by atoms with E-state index in [2.05, 4.69) is 4.98 Å². The number of aromatic amines is 1. The molecular formula is C12H14F2N2S2. The Morgan fingerprint density at radius 3 is 2.78 bits per heavy atom. The van der Waals surface area contributed by atoms with Crippen molar-refractivity contribution < 1.29 is 8.78 Å². The maximum atomic E-state index is 13.7. The first-order chi connectivity index (χ1) is 8.58. The van der Waals surface area contributed by atoms with Gasteiger partial charge >= 0.3 is 0 Å².